The Balaban J connectivity index is 0.000000172. The van der Waals surface area contributed by atoms with Crippen molar-refractivity contribution in [3.8, 4) is 22.9 Å². The van der Waals surface area contributed by atoms with Gasteiger partial charge in [0.25, 0.3) is 11.8 Å². The highest BCUT2D eigenvalue weighted by Gasteiger charge is 2.19. The molecule has 6 aromatic carbocycles. The molecule has 2 amide bonds. The van der Waals surface area contributed by atoms with Gasteiger partial charge in [-0.1, -0.05) is 76.2 Å². The normalized spacial score (nSPS) is 11.0. The SMILES string of the molecule is Cc1cc(NC(=O)c2ccc3nc(-c4c(Cl)cccc4Cl)oc3c2)ccc1F.Cc1ccc(NC(=O)c2ccc3nc(-c4c(Cl)cccc4Cl)oc3c2)cc1Cl. The molecule has 0 saturated carbocycles. The Morgan fingerprint density at radius 1 is 0.536 bits per heavy atom. The van der Waals surface area contributed by atoms with Gasteiger partial charge in [-0.2, -0.15) is 0 Å². The highest BCUT2D eigenvalue weighted by atomic mass is 35.5. The van der Waals surface area contributed by atoms with Crippen LogP contribution in [0.25, 0.3) is 45.1 Å². The van der Waals surface area contributed by atoms with Gasteiger partial charge >= 0.3 is 0 Å². The van der Waals surface area contributed by atoms with Gasteiger partial charge in [0.1, 0.15) is 16.9 Å². The number of hydrogen-bond donors (Lipinski definition) is 2. The highest BCUT2D eigenvalue weighted by Crippen LogP contribution is 2.37. The first kappa shape index (κ1) is 38.8. The zero-order valence-electron chi connectivity index (χ0n) is 29.2. The maximum absolute atomic E-state index is 13.4. The van der Waals surface area contributed by atoms with Crippen molar-refractivity contribution in [1.82, 2.24) is 9.97 Å². The number of aryl methyl sites for hydroxylation is 2. The van der Waals surface area contributed by atoms with Crippen molar-refractivity contribution in [2.24, 2.45) is 0 Å². The molecule has 0 spiro atoms. The molecular formula is C42H26Cl5FN4O4. The van der Waals surface area contributed by atoms with E-state index in [0.29, 0.717) is 92.4 Å². The van der Waals surface area contributed by atoms with E-state index in [2.05, 4.69) is 20.6 Å². The first-order valence-electron chi connectivity index (χ1n) is 16.7. The van der Waals surface area contributed by atoms with Crippen LogP contribution in [0.15, 0.2) is 118 Å². The summed E-state index contributed by atoms with van der Waals surface area (Å²) in [6.45, 7) is 3.53. The number of halogens is 6. The summed E-state index contributed by atoms with van der Waals surface area (Å²) in [7, 11) is 0. The zero-order chi connectivity index (χ0) is 39.7. The molecule has 2 N–H and O–H groups in total. The Labute approximate surface area is 344 Å². The van der Waals surface area contributed by atoms with E-state index in [9.17, 15) is 14.0 Å². The maximum Gasteiger partial charge on any atom is 0.255 e. The first-order valence-corrected chi connectivity index (χ1v) is 18.6. The smallest absolute Gasteiger partial charge is 0.255 e. The Morgan fingerprint density at radius 3 is 1.43 bits per heavy atom. The zero-order valence-corrected chi connectivity index (χ0v) is 33.0. The highest BCUT2D eigenvalue weighted by molar-refractivity contribution is 6.39. The first-order chi connectivity index (χ1) is 26.8. The Kier molecular flexibility index (Phi) is 11.3. The van der Waals surface area contributed by atoms with Crippen LogP contribution < -0.4 is 10.6 Å². The van der Waals surface area contributed by atoms with E-state index in [-0.39, 0.29) is 23.5 Å². The quantitative estimate of drug-likeness (QED) is 0.172. The molecule has 280 valence electrons. The summed E-state index contributed by atoms with van der Waals surface area (Å²) in [6, 6.07) is 29.9. The standard InChI is InChI=1S/C21H13Cl3N2O2.C21H13Cl2FN2O2/c1-11-5-7-13(10-16(11)24)25-20(27)12-6-8-17-18(9-12)28-21(26-17)19-14(22)3-2-4-15(19)23;1-11-9-13(6-7-16(11)24)25-20(27)12-5-8-17-18(10-12)28-21(26-17)19-14(22)3-2-4-15(19)23/h2*2-10H,1H3,(H,25,27). The third kappa shape index (κ3) is 8.38. The monoisotopic (exact) mass is 844 g/mol. The van der Waals surface area contributed by atoms with Gasteiger partial charge in [-0.15, -0.1) is 0 Å². The number of benzene rings is 6. The average molecular weight is 847 g/mol. The number of oxazole rings is 2. The summed E-state index contributed by atoms with van der Waals surface area (Å²) in [5, 5.41) is 7.86. The number of fused-ring (bicyclic) bond motifs is 2. The lowest BCUT2D eigenvalue weighted by Gasteiger charge is -2.06. The maximum atomic E-state index is 13.4. The van der Waals surface area contributed by atoms with Gasteiger partial charge in [0.15, 0.2) is 11.2 Å². The second-order valence-electron chi connectivity index (χ2n) is 12.4. The summed E-state index contributed by atoms with van der Waals surface area (Å²) in [6.07, 6.45) is 0. The molecule has 0 aliphatic heterocycles. The van der Waals surface area contributed by atoms with Crippen molar-refractivity contribution >= 4 is 103 Å². The van der Waals surface area contributed by atoms with E-state index >= 15 is 0 Å². The molecule has 0 fully saturated rings. The van der Waals surface area contributed by atoms with E-state index in [1.807, 2.05) is 13.0 Å². The van der Waals surface area contributed by atoms with Crippen LogP contribution in [0.3, 0.4) is 0 Å². The van der Waals surface area contributed by atoms with Gasteiger partial charge in [-0.25, -0.2) is 14.4 Å². The van der Waals surface area contributed by atoms with Crippen LogP contribution in [0.5, 0.6) is 0 Å². The van der Waals surface area contributed by atoms with Crippen LogP contribution in [0.2, 0.25) is 25.1 Å². The molecule has 8 rings (SSSR count). The fraction of sp³-hybridized carbons (Fsp3) is 0.0476. The van der Waals surface area contributed by atoms with E-state index in [4.69, 9.17) is 66.8 Å². The molecule has 8 nitrogen and oxygen atoms in total. The second kappa shape index (κ2) is 16.4. The largest absolute Gasteiger partial charge is 0.436 e. The molecule has 0 aliphatic rings. The van der Waals surface area contributed by atoms with Crippen molar-refractivity contribution in [2.75, 3.05) is 10.6 Å². The number of nitrogens with one attached hydrogen (secondary N) is 2. The van der Waals surface area contributed by atoms with E-state index in [0.717, 1.165) is 5.56 Å². The van der Waals surface area contributed by atoms with E-state index in [1.165, 1.54) is 12.1 Å². The third-order valence-corrected chi connectivity index (χ3v) is 10.2. The molecule has 14 heteroatoms. The summed E-state index contributed by atoms with van der Waals surface area (Å²) in [5.74, 6) is -0.380. The van der Waals surface area contributed by atoms with Crippen LogP contribution in [-0.2, 0) is 0 Å². The summed E-state index contributed by atoms with van der Waals surface area (Å²) >= 11 is 31.0. The second-order valence-corrected chi connectivity index (χ2v) is 14.5. The molecule has 0 bridgehead atoms. The van der Waals surface area contributed by atoms with Gasteiger partial charge in [-0.05, 0) is 116 Å². The Hall–Kier alpha value is -5.42. The number of nitrogens with zero attached hydrogens (tertiary/aromatic N) is 2. The lowest BCUT2D eigenvalue weighted by atomic mass is 10.1. The minimum Gasteiger partial charge on any atom is -0.436 e. The van der Waals surface area contributed by atoms with Crippen LogP contribution in [0, 0.1) is 19.7 Å². The summed E-state index contributed by atoms with van der Waals surface area (Å²) in [5.41, 5.74) is 6.37. The lowest BCUT2D eigenvalue weighted by Crippen LogP contribution is -2.11. The number of aromatic nitrogens is 2. The third-order valence-electron chi connectivity index (χ3n) is 8.50. The fourth-order valence-electron chi connectivity index (χ4n) is 5.55. The van der Waals surface area contributed by atoms with Gasteiger partial charge in [0.2, 0.25) is 11.8 Å². The molecule has 8 aromatic rings. The van der Waals surface area contributed by atoms with Gasteiger partial charge in [0.05, 0.1) is 31.2 Å². The lowest BCUT2D eigenvalue weighted by molar-refractivity contribution is 0.101. The Morgan fingerprint density at radius 2 is 0.982 bits per heavy atom. The van der Waals surface area contributed by atoms with Crippen LogP contribution >= 0.6 is 58.0 Å². The van der Waals surface area contributed by atoms with Crippen LogP contribution in [0.1, 0.15) is 31.8 Å². The molecule has 0 unspecified atom stereocenters. The number of hydrogen-bond acceptors (Lipinski definition) is 6. The minimum absolute atomic E-state index is 0.275. The average Bonchev–Trinajstić information content (AvgIpc) is 3.78. The van der Waals surface area contributed by atoms with Crippen molar-refractivity contribution in [3.05, 3.63) is 162 Å². The molecule has 2 heterocycles. The minimum atomic E-state index is -0.346. The number of carbonyl (C=O) groups excluding carboxylic acids is 2. The molecule has 2 aromatic heterocycles. The van der Waals surface area contributed by atoms with Crippen molar-refractivity contribution in [3.63, 3.8) is 0 Å². The van der Waals surface area contributed by atoms with E-state index in [1.54, 1.807) is 97.9 Å². The molecule has 0 radical (unpaired) electrons. The molecule has 0 atom stereocenters. The number of carbonyl (C=O) groups is 2. The van der Waals surface area contributed by atoms with Gasteiger partial charge in [-0.3, -0.25) is 9.59 Å². The molecule has 0 aliphatic carbocycles. The number of anilines is 2. The summed E-state index contributed by atoms with van der Waals surface area (Å²) in [4.78, 5) is 33.9. The van der Waals surface area contributed by atoms with Gasteiger partial charge in [0, 0.05) is 27.5 Å². The molecular weight excluding hydrogens is 821 g/mol. The van der Waals surface area contributed by atoms with Crippen LogP contribution in [-0.4, -0.2) is 21.8 Å². The number of rotatable bonds is 6. The fourth-order valence-corrected chi connectivity index (χ4v) is 6.85. The van der Waals surface area contributed by atoms with Gasteiger partial charge < -0.3 is 19.5 Å². The predicted molar refractivity (Wildman–Crippen MR) is 222 cm³/mol. The predicted octanol–water partition coefficient (Wildman–Crippen LogP) is 13.5. The summed E-state index contributed by atoms with van der Waals surface area (Å²) < 4.78 is 25.0. The molecule has 56 heavy (non-hydrogen) atoms. The van der Waals surface area contributed by atoms with Crippen molar-refractivity contribution in [2.45, 2.75) is 13.8 Å². The van der Waals surface area contributed by atoms with Crippen LogP contribution in [0.4, 0.5) is 15.8 Å². The topological polar surface area (TPSA) is 110 Å². The van der Waals surface area contributed by atoms with Crippen molar-refractivity contribution in [1.29, 1.82) is 0 Å². The van der Waals surface area contributed by atoms with Crippen molar-refractivity contribution < 1.29 is 22.8 Å². The Bertz CT molecular complexity index is 2590. The number of amides is 2. The van der Waals surface area contributed by atoms with E-state index < -0.39 is 0 Å². The molecule has 0 saturated heterocycles.